The van der Waals surface area contributed by atoms with Crippen molar-refractivity contribution in [2.75, 3.05) is 13.7 Å². The first-order valence-electron chi connectivity index (χ1n) is 6.58. The van der Waals surface area contributed by atoms with Crippen LogP contribution in [0.2, 0.25) is 10.0 Å². The van der Waals surface area contributed by atoms with Crippen molar-refractivity contribution >= 4 is 23.2 Å². The van der Waals surface area contributed by atoms with E-state index in [-0.39, 0.29) is 11.9 Å². The SMILES string of the molecule is CCNC(c1ccc(Cl)c(OC)c1)c1cc(Cl)ccc1F. The molecule has 1 N–H and O–H groups in total. The molecule has 0 spiro atoms. The number of rotatable bonds is 5. The fourth-order valence-electron chi connectivity index (χ4n) is 2.20. The average Bonchev–Trinajstić information content (AvgIpc) is 2.48. The van der Waals surface area contributed by atoms with Gasteiger partial charge in [0, 0.05) is 10.6 Å². The van der Waals surface area contributed by atoms with Gasteiger partial charge in [0.1, 0.15) is 11.6 Å². The number of halogens is 3. The quantitative estimate of drug-likeness (QED) is 0.848. The molecule has 0 radical (unpaired) electrons. The summed E-state index contributed by atoms with van der Waals surface area (Å²) in [7, 11) is 1.55. The van der Waals surface area contributed by atoms with Crippen molar-refractivity contribution in [3.05, 3.63) is 63.4 Å². The summed E-state index contributed by atoms with van der Waals surface area (Å²) in [6, 6.07) is 9.60. The standard InChI is InChI=1S/C16H16Cl2FNO/c1-3-20-16(12-9-11(17)5-7-14(12)19)10-4-6-13(18)15(8-10)21-2/h4-9,16,20H,3H2,1-2H3. The molecular formula is C16H16Cl2FNO. The van der Waals surface area contributed by atoms with Crippen LogP contribution in [-0.4, -0.2) is 13.7 Å². The van der Waals surface area contributed by atoms with Crippen molar-refractivity contribution < 1.29 is 9.13 Å². The molecule has 0 saturated carbocycles. The lowest BCUT2D eigenvalue weighted by Gasteiger charge is -2.20. The molecule has 0 aliphatic heterocycles. The van der Waals surface area contributed by atoms with E-state index in [1.165, 1.54) is 12.1 Å². The largest absolute Gasteiger partial charge is 0.495 e. The van der Waals surface area contributed by atoms with Gasteiger partial charge in [-0.1, -0.05) is 36.2 Å². The first-order chi connectivity index (χ1) is 10.1. The molecule has 5 heteroatoms. The highest BCUT2D eigenvalue weighted by molar-refractivity contribution is 6.32. The summed E-state index contributed by atoms with van der Waals surface area (Å²) in [6.07, 6.45) is 0. The van der Waals surface area contributed by atoms with Crippen LogP contribution in [0.4, 0.5) is 4.39 Å². The van der Waals surface area contributed by atoms with Gasteiger partial charge in [-0.2, -0.15) is 0 Å². The predicted octanol–water partition coefficient (Wildman–Crippen LogP) is 4.84. The minimum atomic E-state index is -0.320. The van der Waals surface area contributed by atoms with Gasteiger partial charge in [-0.25, -0.2) is 4.39 Å². The van der Waals surface area contributed by atoms with E-state index < -0.39 is 0 Å². The van der Waals surface area contributed by atoms with Crippen LogP contribution < -0.4 is 10.1 Å². The predicted molar refractivity (Wildman–Crippen MR) is 84.9 cm³/mol. The van der Waals surface area contributed by atoms with E-state index in [1.807, 2.05) is 13.0 Å². The van der Waals surface area contributed by atoms with E-state index in [9.17, 15) is 4.39 Å². The van der Waals surface area contributed by atoms with E-state index >= 15 is 0 Å². The Morgan fingerprint density at radius 2 is 1.95 bits per heavy atom. The summed E-state index contributed by atoms with van der Waals surface area (Å²) in [6.45, 7) is 2.64. The molecule has 0 aromatic heterocycles. The lowest BCUT2D eigenvalue weighted by Crippen LogP contribution is -2.23. The van der Waals surface area contributed by atoms with Gasteiger partial charge in [0.2, 0.25) is 0 Å². The van der Waals surface area contributed by atoms with Gasteiger partial charge in [-0.3, -0.25) is 0 Å². The van der Waals surface area contributed by atoms with Gasteiger partial charge < -0.3 is 10.1 Å². The molecule has 0 saturated heterocycles. The molecule has 1 atom stereocenters. The minimum Gasteiger partial charge on any atom is -0.495 e. The smallest absolute Gasteiger partial charge is 0.137 e. The Morgan fingerprint density at radius 1 is 1.19 bits per heavy atom. The third-order valence-corrected chi connectivity index (χ3v) is 3.73. The first kappa shape index (κ1) is 16.1. The van der Waals surface area contributed by atoms with Gasteiger partial charge in [0.15, 0.2) is 0 Å². The Labute approximate surface area is 133 Å². The molecule has 0 aliphatic carbocycles. The van der Waals surface area contributed by atoms with E-state index in [1.54, 1.807) is 25.3 Å². The highest BCUT2D eigenvalue weighted by Gasteiger charge is 2.18. The number of ether oxygens (including phenoxy) is 1. The Kier molecular flexibility index (Phi) is 5.45. The lowest BCUT2D eigenvalue weighted by molar-refractivity contribution is 0.413. The van der Waals surface area contributed by atoms with Crippen LogP contribution in [0.15, 0.2) is 36.4 Å². The summed E-state index contributed by atoms with van der Waals surface area (Å²) in [4.78, 5) is 0. The Balaban J connectivity index is 2.50. The van der Waals surface area contributed by atoms with Gasteiger partial charge in [0.05, 0.1) is 18.2 Å². The summed E-state index contributed by atoms with van der Waals surface area (Å²) >= 11 is 12.0. The molecule has 0 bridgehead atoms. The van der Waals surface area contributed by atoms with Crippen LogP contribution >= 0.6 is 23.2 Å². The third-order valence-electron chi connectivity index (χ3n) is 3.19. The second-order valence-corrected chi connectivity index (χ2v) is 5.39. The van der Waals surface area contributed by atoms with E-state index in [4.69, 9.17) is 27.9 Å². The molecule has 1 unspecified atom stereocenters. The molecule has 2 aromatic rings. The van der Waals surface area contributed by atoms with E-state index in [0.717, 1.165) is 5.56 Å². The summed E-state index contributed by atoms with van der Waals surface area (Å²) in [5, 5.41) is 4.27. The third kappa shape index (κ3) is 3.67. The number of nitrogens with one attached hydrogen (secondary N) is 1. The van der Waals surface area contributed by atoms with E-state index in [0.29, 0.717) is 27.9 Å². The molecular weight excluding hydrogens is 312 g/mol. The highest BCUT2D eigenvalue weighted by Crippen LogP contribution is 2.32. The van der Waals surface area contributed by atoms with Crippen LogP contribution in [-0.2, 0) is 0 Å². The Morgan fingerprint density at radius 3 is 2.62 bits per heavy atom. The van der Waals surface area contributed by atoms with Gasteiger partial charge >= 0.3 is 0 Å². The summed E-state index contributed by atoms with van der Waals surface area (Å²) < 4.78 is 19.4. The summed E-state index contributed by atoms with van der Waals surface area (Å²) in [5.74, 6) is 0.249. The van der Waals surface area contributed by atoms with Crippen LogP contribution in [0.5, 0.6) is 5.75 Å². The molecule has 0 fully saturated rings. The zero-order valence-electron chi connectivity index (χ0n) is 11.8. The average molecular weight is 328 g/mol. The topological polar surface area (TPSA) is 21.3 Å². The fourth-order valence-corrected chi connectivity index (χ4v) is 2.58. The number of hydrogen-bond donors (Lipinski definition) is 1. The van der Waals surface area contributed by atoms with Crippen LogP contribution in [0.3, 0.4) is 0 Å². The van der Waals surface area contributed by atoms with Crippen molar-refractivity contribution in [1.29, 1.82) is 0 Å². The van der Waals surface area contributed by atoms with Crippen LogP contribution in [0.25, 0.3) is 0 Å². The molecule has 21 heavy (non-hydrogen) atoms. The minimum absolute atomic E-state index is 0.306. The van der Waals surface area contributed by atoms with Crippen LogP contribution in [0, 0.1) is 5.82 Å². The maximum atomic E-state index is 14.1. The zero-order chi connectivity index (χ0) is 15.4. The number of methoxy groups -OCH3 is 1. The van der Waals surface area contributed by atoms with Gasteiger partial charge in [0.25, 0.3) is 0 Å². The molecule has 0 amide bonds. The van der Waals surface area contributed by atoms with Crippen molar-refractivity contribution in [3.63, 3.8) is 0 Å². The van der Waals surface area contributed by atoms with E-state index in [2.05, 4.69) is 5.32 Å². The molecule has 0 heterocycles. The molecule has 112 valence electrons. The summed E-state index contributed by atoms with van der Waals surface area (Å²) in [5.41, 5.74) is 1.35. The highest BCUT2D eigenvalue weighted by atomic mass is 35.5. The van der Waals surface area contributed by atoms with Crippen molar-refractivity contribution in [2.24, 2.45) is 0 Å². The van der Waals surface area contributed by atoms with Crippen molar-refractivity contribution in [1.82, 2.24) is 5.32 Å². The zero-order valence-corrected chi connectivity index (χ0v) is 13.3. The van der Waals surface area contributed by atoms with Gasteiger partial charge in [-0.15, -0.1) is 0 Å². The van der Waals surface area contributed by atoms with Crippen molar-refractivity contribution in [2.45, 2.75) is 13.0 Å². The van der Waals surface area contributed by atoms with Gasteiger partial charge in [-0.05, 0) is 42.4 Å². The first-order valence-corrected chi connectivity index (χ1v) is 7.34. The molecule has 2 rings (SSSR count). The normalized spacial score (nSPS) is 12.2. The maximum absolute atomic E-state index is 14.1. The van der Waals surface area contributed by atoms with Crippen molar-refractivity contribution in [3.8, 4) is 5.75 Å². The van der Waals surface area contributed by atoms with Crippen LogP contribution in [0.1, 0.15) is 24.1 Å². The second kappa shape index (κ2) is 7.12. The number of benzene rings is 2. The second-order valence-electron chi connectivity index (χ2n) is 4.55. The Hall–Kier alpha value is -1.29. The monoisotopic (exact) mass is 327 g/mol. The molecule has 2 aromatic carbocycles. The lowest BCUT2D eigenvalue weighted by atomic mass is 9.98. The molecule has 0 aliphatic rings. The fraction of sp³-hybridized carbons (Fsp3) is 0.250. The molecule has 2 nitrogen and oxygen atoms in total. The maximum Gasteiger partial charge on any atom is 0.137 e. The number of hydrogen-bond acceptors (Lipinski definition) is 2. The Bertz CT molecular complexity index is 634.